The summed E-state index contributed by atoms with van der Waals surface area (Å²) in [5.74, 6) is 3.20. The molecule has 0 atom stereocenters. The van der Waals surface area contributed by atoms with E-state index in [1.807, 2.05) is 17.8 Å². The Balaban J connectivity index is 1.79. The molecule has 0 aliphatic carbocycles. The summed E-state index contributed by atoms with van der Waals surface area (Å²) < 4.78 is 9.81. The van der Waals surface area contributed by atoms with Gasteiger partial charge in [-0.2, -0.15) is 11.8 Å². The molecule has 1 aliphatic rings. The summed E-state index contributed by atoms with van der Waals surface area (Å²) in [5, 5.41) is 3.40. The highest BCUT2D eigenvalue weighted by atomic mass is 32.2. The summed E-state index contributed by atoms with van der Waals surface area (Å²) in [7, 11) is 1.36. The summed E-state index contributed by atoms with van der Waals surface area (Å²) in [6.07, 6.45) is 4.10. The van der Waals surface area contributed by atoms with Crippen LogP contribution < -0.4 is 5.32 Å². The van der Waals surface area contributed by atoms with Crippen molar-refractivity contribution in [2.45, 2.75) is 19.4 Å². The van der Waals surface area contributed by atoms with Gasteiger partial charge in [-0.25, -0.2) is 4.79 Å². The fourth-order valence-electron chi connectivity index (χ4n) is 2.11. The maximum atomic E-state index is 11.4. The third-order valence-electron chi connectivity index (χ3n) is 3.21. The van der Waals surface area contributed by atoms with Gasteiger partial charge in [0.1, 0.15) is 0 Å². The number of thioether (sulfide) groups is 1. The van der Waals surface area contributed by atoms with Crippen molar-refractivity contribution in [2.75, 3.05) is 25.2 Å². The number of carbonyl (C=O) groups is 1. The summed E-state index contributed by atoms with van der Waals surface area (Å²) in [6, 6.07) is 1.82. The normalized spacial score (nSPS) is 16.7. The number of nitrogens with one attached hydrogen (secondary N) is 1. The molecule has 100 valence electrons. The van der Waals surface area contributed by atoms with Crippen molar-refractivity contribution in [1.29, 1.82) is 0 Å². The molecule has 0 amide bonds. The second-order valence-corrected chi connectivity index (χ2v) is 5.68. The minimum Gasteiger partial charge on any atom is -0.463 e. The fraction of sp³-hybridized carbons (Fsp3) is 0.615. The van der Waals surface area contributed by atoms with Gasteiger partial charge in [-0.3, -0.25) is 0 Å². The smallest absolute Gasteiger partial charge is 0.374 e. The number of hydrogen-bond donors (Lipinski definition) is 1. The Kier molecular flexibility index (Phi) is 5.13. The lowest BCUT2D eigenvalue weighted by molar-refractivity contribution is 0.0563. The second kappa shape index (κ2) is 6.85. The highest BCUT2D eigenvalue weighted by molar-refractivity contribution is 7.99. The van der Waals surface area contributed by atoms with Crippen LogP contribution in [0.3, 0.4) is 0 Å². The molecule has 0 bridgehead atoms. The van der Waals surface area contributed by atoms with Crippen LogP contribution >= 0.6 is 11.8 Å². The van der Waals surface area contributed by atoms with Crippen LogP contribution in [-0.2, 0) is 11.3 Å². The SMILES string of the molecule is COC(=O)c1occc1CNCC1CCSCC1. The number of furan rings is 1. The van der Waals surface area contributed by atoms with Gasteiger partial charge in [-0.1, -0.05) is 0 Å². The highest BCUT2D eigenvalue weighted by Gasteiger charge is 2.17. The number of rotatable bonds is 5. The minimum atomic E-state index is -0.411. The maximum absolute atomic E-state index is 11.4. The average molecular weight is 269 g/mol. The fourth-order valence-corrected chi connectivity index (χ4v) is 3.31. The van der Waals surface area contributed by atoms with Gasteiger partial charge in [0.25, 0.3) is 0 Å². The lowest BCUT2D eigenvalue weighted by atomic mass is 10.0. The van der Waals surface area contributed by atoms with E-state index in [-0.39, 0.29) is 0 Å². The third-order valence-corrected chi connectivity index (χ3v) is 4.26. The zero-order valence-electron chi connectivity index (χ0n) is 10.6. The Hall–Kier alpha value is -0.940. The van der Waals surface area contributed by atoms with Crippen molar-refractivity contribution in [3.05, 3.63) is 23.7 Å². The van der Waals surface area contributed by atoms with Crippen molar-refractivity contribution in [3.8, 4) is 0 Å². The molecule has 1 fully saturated rings. The summed E-state index contributed by atoms with van der Waals surface area (Å²) >= 11 is 2.04. The van der Waals surface area contributed by atoms with E-state index in [4.69, 9.17) is 4.42 Å². The van der Waals surface area contributed by atoms with Crippen molar-refractivity contribution in [1.82, 2.24) is 5.32 Å². The van der Waals surface area contributed by atoms with Gasteiger partial charge in [0.2, 0.25) is 5.76 Å². The van der Waals surface area contributed by atoms with E-state index in [1.54, 1.807) is 0 Å². The molecule has 0 spiro atoms. The van der Waals surface area contributed by atoms with Crippen molar-refractivity contribution >= 4 is 17.7 Å². The number of esters is 1. The van der Waals surface area contributed by atoms with E-state index < -0.39 is 5.97 Å². The van der Waals surface area contributed by atoms with E-state index in [0.717, 1.165) is 18.0 Å². The van der Waals surface area contributed by atoms with E-state index >= 15 is 0 Å². The average Bonchev–Trinajstić information content (AvgIpc) is 2.87. The van der Waals surface area contributed by atoms with Crippen LogP contribution in [0, 0.1) is 5.92 Å². The standard InChI is InChI=1S/C13H19NO3S/c1-16-13(15)12-11(2-5-17-12)9-14-8-10-3-6-18-7-4-10/h2,5,10,14H,3-4,6-9H2,1H3. The maximum Gasteiger partial charge on any atom is 0.374 e. The van der Waals surface area contributed by atoms with Gasteiger partial charge >= 0.3 is 5.97 Å². The van der Waals surface area contributed by atoms with Crippen molar-refractivity contribution < 1.29 is 13.9 Å². The van der Waals surface area contributed by atoms with Gasteiger partial charge < -0.3 is 14.5 Å². The zero-order chi connectivity index (χ0) is 12.8. The predicted octanol–water partition coefficient (Wildman–Crippen LogP) is 2.30. The molecule has 18 heavy (non-hydrogen) atoms. The molecule has 1 aliphatic heterocycles. The van der Waals surface area contributed by atoms with Crippen molar-refractivity contribution in [2.24, 2.45) is 5.92 Å². The quantitative estimate of drug-likeness (QED) is 0.831. The molecule has 1 aromatic heterocycles. The largest absolute Gasteiger partial charge is 0.463 e. The highest BCUT2D eigenvalue weighted by Crippen LogP contribution is 2.22. The van der Waals surface area contributed by atoms with Crippen molar-refractivity contribution in [3.63, 3.8) is 0 Å². The van der Waals surface area contributed by atoms with E-state index in [9.17, 15) is 4.79 Å². The van der Waals surface area contributed by atoms with Gasteiger partial charge in [0.15, 0.2) is 0 Å². The van der Waals surface area contributed by atoms with Crippen LogP contribution in [0.15, 0.2) is 16.7 Å². The minimum absolute atomic E-state index is 0.309. The molecule has 1 saturated heterocycles. The van der Waals surface area contributed by atoms with E-state index in [1.165, 1.54) is 37.7 Å². The van der Waals surface area contributed by atoms with Crippen LogP contribution in [-0.4, -0.2) is 31.1 Å². The number of hydrogen-bond acceptors (Lipinski definition) is 5. The first-order valence-electron chi connectivity index (χ1n) is 6.24. The Labute approximate surface area is 111 Å². The molecule has 1 aromatic rings. The monoisotopic (exact) mass is 269 g/mol. The van der Waals surface area contributed by atoms with Crippen LogP contribution in [0.5, 0.6) is 0 Å². The molecule has 2 rings (SSSR count). The number of ether oxygens (including phenoxy) is 1. The molecular formula is C13H19NO3S. The summed E-state index contributed by atoms with van der Waals surface area (Å²) in [4.78, 5) is 11.4. The van der Waals surface area contributed by atoms with E-state index in [0.29, 0.717) is 12.3 Å². The Morgan fingerprint density at radius 2 is 2.33 bits per heavy atom. The van der Waals surface area contributed by atoms with Crippen LogP contribution in [0.1, 0.15) is 29.0 Å². The van der Waals surface area contributed by atoms with Crippen LogP contribution in [0.2, 0.25) is 0 Å². The molecule has 1 N–H and O–H groups in total. The van der Waals surface area contributed by atoms with E-state index in [2.05, 4.69) is 10.1 Å². The van der Waals surface area contributed by atoms with Gasteiger partial charge in [0.05, 0.1) is 13.4 Å². The summed E-state index contributed by atoms with van der Waals surface area (Å²) in [5.41, 5.74) is 0.868. The molecule has 0 radical (unpaired) electrons. The number of carbonyl (C=O) groups excluding carboxylic acids is 1. The first-order valence-corrected chi connectivity index (χ1v) is 7.40. The Morgan fingerprint density at radius 1 is 1.56 bits per heavy atom. The summed E-state index contributed by atoms with van der Waals surface area (Å²) in [6.45, 7) is 1.66. The Bertz CT molecular complexity index is 385. The first kappa shape index (κ1) is 13.5. The molecule has 0 saturated carbocycles. The molecular weight excluding hydrogens is 250 g/mol. The molecule has 5 heteroatoms. The Morgan fingerprint density at radius 3 is 3.06 bits per heavy atom. The van der Waals surface area contributed by atoms with Gasteiger partial charge in [0, 0.05) is 12.1 Å². The molecule has 0 unspecified atom stereocenters. The predicted molar refractivity (Wildman–Crippen MR) is 71.8 cm³/mol. The van der Waals surface area contributed by atoms with Gasteiger partial charge in [-0.15, -0.1) is 0 Å². The van der Waals surface area contributed by atoms with Crippen LogP contribution in [0.4, 0.5) is 0 Å². The zero-order valence-corrected chi connectivity index (χ0v) is 11.4. The molecule has 4 nitrogen and oxygen atoms in total. The molecule has 2 heterocycles. The lowest BCUT2D eigenvalue weighted by Gasteiger charge is -2.21. The first-order chi connectivity index (χ1) is 8.81. The number of methoxy groups -OCH3 is 1. The van der Waals surface area contributed by atoms with Gasteiger partial charge in [-0.05, 0) is 42.9 Å². The third kappa shape index (κ3) is 3.53. The lowest BCUT2D eigenvalue weighted by Crippen LogP contribution is -2.25. The van der Waals surface area contributed by atoms with Crippen LogP contribution in [0.25, 0.3) is 0 Å². The topological polar surface area (TPSA) is 51.5 Å². The second-order valence-electron chi connectivity index (χ2n) is 4.45. The molecule has 0 aromatic carbocycles.